The highest BCUT2D eigenvalue weighted by molar-refractivity contribution is 7.09. The van der Waals surface area contributed by atoms with Crippen LogP contribution in [0.1, 0.15) is 26.6 Å². The van der Waals surface area contributed by atoms with Gasteiger partial charge in [-0.2, -0.15) is 5.10 Å². The SMILES string of the molecule is Cc1nc(/C=N/NC(=O)c2ccc(COc3ccc(Cl)cc3)cc2)cs1. The first-order valence-electron chi connectivity index (χ1n) is 7.83. The summed E-state index contributed by atoms with van der Waals surface area (Å²) >= 11 is 7.37. The van der Waals surface area contributed by atoms with Crippen LogP contribution < -0.4 is 10.2 Å². The molecule has 0 aliphatic heterocycles. The number of rotatable bonds is 6. The first-order valence-corrected chi connectivity index (χ1v) is 9.09. The molecule has 0 aliphatic rings. The molecule has 0 atom stereocenters. The second-order valence-corrected chi connectivity index (χ2v) is 6.93. The highest BCUT2D eigenvalue weighted by atomic mass is 35.5. The van der Waals surface area contributed by atoms with Crippen LogP contribution in [-0.2, 0) is 6.61 Å². The molecule has 26 heavy (non-hydrogen) atoms. The van der Waals surface area contributed by atoms with Crippen LogP contribution in [0, 0.1) is 6.92 Å². The second kappa shape index (κ2) is 8.60. The van der Waals surface area contributed by atoms with Crippen molar-refractivity contribution in [3.8, 4) is 5.75 Å². The van der Waals surface area contributed by atoms with Crippen LogP contribution in [0.5, 0.6) is 5.75 Å². The molecule has 1 heterocycles. The third-order valence-corrected chi connectivity index (χ3v) is 4.48. The lowest BCUT2D eigenvalue weighted by Gasteiger charge is -2.07. The van der Waals surface area contributed by atoms with Gasteiger partial charge >= 0.3 is 0 Å². The van der Waals surface area contributed by atoms with Gasteiger partial charge in [0.15, 0.2) is 0 Å². The Kier molecular flexibility index (Phi) is 5.99. The van der Waals surface area contributed by atoms with E-state index in [4.69, 9.17) is 16.3 Å². The number of thiazole rings is 1. The van der Waals surface area contributed by atoms with Gasteiger partial charge in [-0.05, 0) is 48.9 Å². The van der Waals surface area contributed by atoms with Crippen molar-refractivity contribution in [3.05, 3.63) is 80.8 Å². The van der Waals surface area contributed by atoms with Crippen molar-refractivity contribution in [2.45, 2.75) is 13.5 Å². The number of carbonyl (C=O) groups excluding carboxylic acids is 1. The maximum atomic E-state index is 12.1. The van der Waals surface area contributed by atoms with Crippen molar-refractivity contribution in [2.24, 2.45) is 5.10 Å². The number of nitrogens with zero attached hydrogens (tertiary/aromatic N) is 2. The third kappa shape index (κ3) is 5.15. The number of aromatic nitrogens is 1. The highest BCUT2D eigenvalue weighted by Crippen LogP contribution is 2.17. The summed E-state index contributed by atoms with van der Waals surface area (Å²) in [4.78, 5) is 16.3. The van der Waals surface area contributed by atoms with Gasteiger partial charge in [0.25, 0.3) is 5.91 Å². The minimum absolute atomic E-state index is 0.279. The van der Waals surface area contributed by atoms with E-state index in [-0.39, 0.29) is 5.91 Å². The zero-order valence-corrected chi connectivity index (χ0v) is 15.6. The van der Waals surface area contributed by atoms with E-state index >= 15 is 0 Å². The molecular weight excluding hydrogens is 370 g/mol. The smallest absolute Gasteiger partial charge is 0.271 e. The average molecular weight is 386 g/mol. The lowest BCUT2D eigenvalue weighted by molar-refractivity contribution is 0.0955. The molecule has 0 unspecified atom stereocenters. The van der Waals surface area contributed by atoms with E-state index < -0.39 is 0 Å². The molecule has 1 aromatic heterocycles. The van der Waals surface area contributed by atoms with Gasteiger partial charge in [-0.3, -0.25) is 4.79 Å². The van der Waals surface area contributed by atoms with Crippen LogP contribution in [-0.4, -0.2) is 17.1 Å². The fourth-order valence-electron chi connectivity index (χ4n) is 2.11. The van der Waals surface area contributed by atoms with Gasteiger partial charge in [0, 0.05) is 16.0 Å². The minimum atomic E-state index is -0.279. The number of hydrazone groups is 1. The molecule has 3 rings (SSSR count). The molecular formula is C19H16ClN3O2S. The van der Waals surface area contributed by atoms with Crippen molar-refractivity contribution >= 4 is 35.1 Å². The number of ether oxygens (including phenoxy) is 1. The van der Waals surface area contributed by atoms with E-state index in [1.54, 1.807) is 24.3 Å². The molecule has 0 saturated carbocycles. The molecule has 7 heteroatoms. The maximum Gasteiger partial charge on any atom is 0.271 e. The van der Waals surface area contributed by atoms with Crippen LogP contribution in [0.3, 0.4) is 0 Å². The summed E-state index contributed by atoms with van der Waals surface area (Å²) in [6, 6.07) is 14.3. The molecule has 5 nitrogen and oxygen atoms in total. The topological polar surface area (TPSA) is 63.6 Å². The van der Waals surface area contributed by atoms with Crippen molar-refractivity contribution in [1.82, 2.24) is 10.4 Å². The Morgan fingerprint density at radius 3 is 2.62 bits per heavy atom. The number of nitrogens with one attached hydrogen (secondary N) is 1. The van der Waals surface area contributed by atoms with Gasteiger partial charge in [0.2, 0.25) is 0 Å². The fraction of sp³-hybridized carbons (Fsp3) is 0.105. The molecule has 132 valence electrons. The van der Waals surface area contributed by atoms with Crippen LogP contribution in [0.2, 0.25) is 5.02 Å². The Hall–Kier alpha value is -2.70. The number of hydrogen-bond acceptors (Lipinski definition) is 5. The number of carbonyl (C=O) groups is 1. The van der Waals surface area contributed by atoms with E-state index in [1.807, 2.05) is 36.6 Å². The first kappa shape index (κ1) is 18.1. The highest BCUT2D eigenvalue weighted by Gasteiger charge is 2.04. The molecule has 0 aliphatic carbocycles. The van der Waals surface area contributed by atoms with Gasteiger partial charge in [0.05, 0.1) is 16.9 Å². The molecule has 0 fully saturated rings. The summed E-state index contributed by atoms with van der Waals surface area (Å²) in [5, 5.41) is 7.42. The summed E-state index contributed by atoms with van der Waals surface area (Å²) in [6.07, 6.45) is 1.52. The van der Waals surface area contributed by atoms with Crippen molar-refractivity contribution < 1.29 is 9.53 Å². The number of aryl methyl sites for hydroxylation is 1. The van der Waals surface area contributed by atoms with E-state index in [0.717, 1.165) is 22.0 Å². The predicted molar refractivity (Wildman–Crippen MR) is 104 cm³/mol. The van der Waals surface area contributed by atoms with Crippen molar-refractivity contribution in [1.29, 1.82) is 0 Å². The Morgan fingerprint density at radius 2 is 1.96 bits per heavy atom. The molecule has 3 aromatic rings. The summed E-state index contributed by atoms with van der Waals surface area (Å²) in [7, 11) is 0. The number of hydrogen-bond donors (Lipinski definition) is 1. The number of halogens is 1. The lowest BCUT2D eigenvalue weighted by Crippen LogP contribution is -2.17. The van der Waals surface area contributed by atoms with Crippen LogP contribution in [0.15, 0.2) is 59.0 Å². The van der Waals surface area contributed by atoms with E-state index in [2.05, 4.69) is 15.5 Å². The molecule has 2 aromatic carbocycles. The van der Waals surface area contributed by atoms with Crippen LogP contribution in [0.25, 0.3) is 0 Å². The van der Waals surface area contributed by atoms with Crippen LogP contribution >= 0.6 is 22.9 Å². The molecule has 1 amide bonds. The maximum absolute atomic E-state index is 12.1. The zero-order chi connectivity index (χ0) is 18.4. The number of amides is 1. The standard InChI is InChI=1S/C19H16ClN3O2S/c1-13-22-17(12-26-13)10-21-23-19(24)15-4-2-14(3-5-15)11-25-18-8-6-16(20)7-9-18/h2-10,12H,11H2,1H3,(H,23,24)/b21-10+. The Labute approximate surface area is 160 Å². The molecule has 0 spiro atoms. The Balaban J connectivity index is 1.52. The normalized spacial score (nSPS) is 10.8. The summed E-state index contributed by atoms with van der Waals surface area (Å²) in [6.45, 7) is 2.32. The third-order valence-electron chi connectivity index (χ3n) is 3.43. The number of benzene rings is 2. The minimum Gasteiger partial charge on any atom is -0.489 e. The quantitative estimate of drug-likeness (QED) is 0.503. The van der Waals surface area contributed by atoms with Gasteiger partial charge in [-0.25, -0.2) is 10.4 Å². The predicted octanol–water partition coefficient (Wildman–Crippen LogP) is 4.45. The van der Waals surface area contributed by atoms with Crippen LogP contribution in [0.4, 0.5) is 0 Å². The fourth-order valence-corrected chi connectivity index (χ4v) is 2.80. The van der Waals surface area contributed by atoms with Gasteiger partial charge in [0.1, 0.15) is 12.4 Å². The lowest BCUT2D eigenvalue weighted by atomic mass is 10.1. The van der Waals surface area contributed by atoms with E-state index in [0.29, 0.717) is 17.2 Å². The molecule has 0 radical (unpaired) electrons. The Bertz CT molecular complexity index is 905. The van der Waals surface area contributed by atoms with Gasteiger partial charge in [-0.15, -0.1) is 11.3 Å². The average Bonchev–Trinajstić information content (AvgIpc) is 3.07. The largest absolute Gasteiger partial charge is 0.489 e. The van der Waals surface area contributed by atoms with Crippen molar-refractivity contribution in [2.75, 3.05) is 0 Å². The monoisotopic (exact) mass is 385 g/mol. The summed E-state index contributed by atoms with van der Waals surface area (Å²) in [5.74, 6) is 0.459. The van der Waals surface area contributed by atoms with Gasteiger partial charge in [-0.1, -0.05) is 23.7 Å². The summed E-state index contributed by atoms with van der Waals surface area (Å²) in [5.41, 5.74) is 4.69. The molecule has 0 saturated heterocycles. The second-order valence-electron chi connectivity index (χ2n) is 5.43. The van der Waals surface area contributed by atoms with E-state index in [1.165, 1.54) is 17.6 Å². The molecule has 1 N–H and O–H groups in total. The van der Waals surface area contributed by atoms with Crippen molar-refractivity contribution in [3.63, 3.8) is 0 Å². The summed E-state index contributed by atoms with van der Waals surface area (Å²) < 4.78 is 5.67. The zero-order valence-electron chi connectivity index (χ0n) is 14.0. The molecule has 0 bridgehead atoms. The van der Waals surface area contributed by atoms with Gasteiger partial charge < -0.3 is 4.74 Å². The van der Waals surface area contributed by atoms with E-state index in [9.17, 15) is 4.79 Å². The first-order chi connectivity index (χ1) is 12.6. The Morgan fingerprint density at radius 1 is 1.23 bits per heavy atom.